The molecule has 4 aliphatic rings. The number of amides is 1. The van der Waals surface area contributed by atoms with E-state index in [2.05, 4.69) is 5.92 Å². The number of methoxy groups -OCH3 is 2. The normalized spacial score (nSPS) is 39.3. The largest absolute Gasteiger partial charge is 0.460 e. The van der Waals surface area contributed by atoms with Gasteiger partial charge in [-0.3, -0.25) is 14.4 Å². The fourth-order valence-electron chi connectivity index (χ4n) is 10.8. The molecule has 14 nitrogen and oxygen atoms in total. The number of carbonyl (C=O) groups is 4. The van der Waals surface area contributed by atoms with Gasteiger partial charge >= 0.3 is 5.97 Å². The van der Waals surface area contributed by atoms with E-state index < -0.39 is 83.7 Å². The van der Waals surface area contributed by atoms with E-state index in [9.17, 15) is 34.5 Å². The summed E-state index contributed by atoms with van der Waals surface area (Å²) in [4.78, 5) is 57.9. The van der Waals surface area contributed by atoms with Crippen molar-refractivity contribution in [3.63, 3.8) is 0 Å². The van der Waals surface area contributed by atoms with Gasteiger partial charge in [-0.2, -0.15) is 0 Å². The number of nitrogens with zero attached hydrogens (tertiary/aromatic N) is 1. The van der Waals surface area contributed by atoms with E-state index in [4.69, 9.17) is 35.8 Å². The van der Waals surface area contributed by atoms with Gasteiger partial charge in [0.2, 0.25) is 5.79 Å². The average Bonchev–Trinajstić information content (AvgIpc) is 3.34. The van der Waals surface area contributed by atoms with Crippen molar-refractivity contribution in [3.8, 4) is 12.3 Å². The molecule has 0 aromatic rings. The minimum Gasteiger partial charge on any atom is -0.460 e. The Morgan fingerprint density at radius 3 is 2.33 bits per heavy atom. The highest BCUT2D eigenvalue weighted by atomic mass is 16.6. The van der Waals surface area contributed by atoms with E-state index in [1.54, 1.807) is 41.1 Å². The molecule has 16 atom stereocenters. The lowest BCUT2D eigenvalue weighted by Gasteiger charge is -2.43. The molecule has 394 valence electrons. The molecular weight excluding hydrogens is 893 g/mol. The van der Waals surface area contributed by atoms with Gasteiger partial charge in [-0.15, -0.1) is 12.3 Å². The number of allylic oxidation sites excluding steroid dienone is 5. The summed E-state index contributed by atoms with van der Waals surface area (Å²) in [5.74, 6) is -4.52. The lowest BCUT2D eigenvalue weighted by molar-refractivity contribution is -0.265. The number of ketones is 2. The number of piperidine rings is 1. The number of esters is 1. The summed E-state index contributed by atoms with van der Waals surface area (Å²) in [6.45, 7) is 13.7. The quantitative estimate of drug-likeness (QED) is 0.0567. The van der Waals surface area contributed by atoms with E-state index in [-0.39, 0.29) is 55.3 Å². The predicted octanol–water partition coefficient (Wildman–Crippen LogP) is 7.11. The molecule has 3 fully saturated rings. The Morgan fingerprint density at radius 2 is 1.63 bits per heavy atom. The Morgan fingerprint density at radius 1 is 0.886 bits per heavy atom. The number of rotatable bonds is 10. The van der Waals surface area contributed by atoms with E-state index in [0.717, 1.165) is 37.7 Å². The number of unbranched alkanes of at least 4 members (excludes halogenated alkanes) is 2. The van der Waals surface area contributed by atoms with Crippen molar-refractivity contribution < 1.29 is 58.2 Å². The summed E-state index contributed by atoms with van der Waals surface area (Å²) in [5, 5.41) is 34.4. The highest BCUT2D eigenvalue weighted by Gasteiger charge is 2.53. The summed E-state index contributed by atoms with van der Waals surface area (Å²) in [5.41, 5.74) is 8.21. The molecule has 0 aromatic heterocycles. The minimum atomic E-state index is -2.41. The zero-order valence-corrected chi connectivity index (χ0v) is 43.8. The minimum absolute atomic E-state index is 0.00922. The molecule has 3 aliphatic heterocycles. The van der Waals surface area contributed by atoms with Crippen molar-refractivity contribution in [2.45, 2.75) is 205 Å². The Kier molecular flexibility index (Phi) is 24.2. The first kappa shape index (κ1) is 59.0. The third kappa shape index (κ3) is 16.5. The maximum Gasteiger partial charge on any atom is 0.329 e. The van der Waals surface area contributed by atoms with Gasteiger partial charge in [0.05, 0.1) is 24.4 Å². The van der Waals surface area contributed by atoms with Crippen LogP contribution in [0.3, 0.4) is 0 Å². The predicted molar refractivity (Wildman–Crippen MR) is 270 cm³/mol. The Labute approximate surface area is 419 Å². The highest BCUT2D eigenvalue weighted by molar-refractivity contribution is 6.39. The fourth-order valence-corrected chi connectivity index (χ4v) is 10.8. The van der Waals surface area contributed by atoms with Crippen LogP contribution in [0, 0.1) is 47.9 Å². The average molecular weight is 981 g/mol. The van der Waals surface area contributed by atoms with Crippen LogP contribution in [0.15, 0.2) is 47.6 Å². The third-order valence-corrected chi connectivity index (χ3v) is 15.6. The Balaban J connectivity index is 1.66. The van der Waals surface area contributed by atoms with Gasteiger partial charge in [0.15, 0.2) is 5.78 Å². The van der Waals surface area contributed by atoms with Crippen LogP contribution in [0.2, 0.25) is 0 Å². The number of Topliss-reactive ketones (excluding diaryl/α,β-unsaturated/α-hetero) is 2. The van der Waals surface area contributed by atoms with Crippen LogP contribution < -0.4 is 5.73 Å². The van der Waals surface area contributed by atoms with E-state index >= 15 is 0 Å². The first-order valence-electron chi connectivity index (χ1n) is 26.2. The first-order valence-corrected chi connectivity index (χ1v) is 26.2. The summed E-state index contributed by atoms with van der Waals surface area (Å²) in [6.07, 6.45) is 20.8. The van der Waals surface area contributed by atoms with Crippen molar-refractivity contribution in [2.75, 3.05) is 27.4 Å². The standard InChI is InChI=1S/C56H88N2O12/c1-11-12-13-19-28-68-46-26-24-42(32-49(46)67-10)31-38(5)48-34-44(57)37(4)30-40(7)51(60)52(61)50(59)39(6)29-35(2)20-15-14-16-21-36(3)47(66-9)33-43-25-23-41(8)56(65,70-43)53(62)54(63)58-27-18-17-22-45(58)55(64)69-48/h1,14-16,20-21,30,35,37-39,41-49,51-52,60-61,65H,12-13,17-19,22-29,31-34,57H2,2-10H3/b16-14+,20-15+,36-21+,40-30+/t35-,37-,38-,39-,41-,42+,43+,44?,45+,46-,47+,48+,49-,51-,52+,56-/m1/s1. The number of cyclic esters (lactones) is 1. The highest BCUT2D eigenvalue weighted by Crippen LogP contribution is 2.38. The van der Waals surface area contributed by atoms with E-state index in [0.29, 0.717) is 63.5 Å². The summed E-state index contributed by atoms with van der Waals surface area (Å²) in [7, 11) is 3.28. The molecule has 14 heteroatoms. The van der Waals surface area contributed by atoms with Gasteiger partial charge in [-0.1, -0.05) is 71.1 Å². The monoisotopic (exact) mass is 981 g/mol. The van der Waals surface area contributed by atoms with Gasteiger partial charge in [-0.05, 0) is 126 Å². The summed E-state index contributed by atoms with van der Waals surface area (Å²) in [6, 6.07) is -1.67. The molecule has 1 amide bonds. The molecule has 5 N–H and O–H groups in total. The Bertz CT molecular complexity index is 1870. The van der Waals surface area contributed by atoms with E-state index in [1.165, 1.54) is 4.90 Å². The molecule has 3 heterocycles. The third-order valence-electron chi connectivity index (χ3n) is 15.6. The second kappa shape index (κ2) is 28.7. The number of hydrogen-bond acceptors (Lipinski definition) is 13. The molecule has 1 aliphatic carbocycles. The van der Waals surface area contributed by atoms with Crippen LogP contribution in [0.1, 0.15) is 145 Å². The smallest absolute Gasteiger partial charge is 0.329 e. The molecule has 1 saturated carbocycles. The maximum absolute atomic E-state index is 14.6. The van der Waals surface area contributed by atoms with Gasteiger partial charge in [0.1, 0.15) is 24.4 Å². The molecule has 70 heavy (non-hydrogen) atoms. The van der Waals surface area contributed by atoms with Gasteiger partial charge in [0, 0.05) is 64.5 Å². The SMILES string of the molecule is C#CCCCCO[C@@H]1CC[C@@H](C[C@@H](C)[C@@H]2CC(N)[C@H](C)/C=C(\C)[C@@H](O)[C@@H](O)C(=O)[C@H](C)C[C@H](C)/C=C/C=C/C=C(\C)[C@@H](OC)C[C@@H]3CC[C@@H](C)[C@@](O)(O3)C(=O)C(=O)N3CCCC[C@H]3C(=O)O2)C[C@H]1OC. The summed E-state index contributed by atoms with van der Waals surface area (Å²) >= 11 is 0. The van der Waals surface area contributed by atoms with Gasteiger partial charge in [0.25, 0.3) is 11.7 Å². The second-order valence-corrected chi connectivity index (χ2v) is 21.2. The van der Waals surface area contributed by atoms with Crippen molar-refractivity contribution in [1.82, 2.24) is 4.90 Å². The lowest BCUT2D eigenvalue weighted by atomic mass is 9.78. The molecule has 2 saturated heterocycles. The number of ether oxygens (including phenoxy) is 5. The zero-order valence-electron chi connectivity index (χ0n) is 43.8. The maximum atomic E-state index is 14.6. The van der Waals surface area contributed by atoms with E-state index in [1.807, 2.05) is 58.1 Å². The molecule has 0 radical (unpaired) electrons. The molecule has 1 unspecified atom stereocenters. The number of aliphatic hydroxyl groups is 3. The number of nitrogens with two attached hydrogens (primary N) is 1. The van der Waals surface area contributed by atoms with Gasteiger partial charge in [-0.25, -0.2) is 4.79 Å². The number of fused-ring (bicyclic) bond motifs is 3. The number of hydrogen-bond donors (Lipinski definition) is 4. The van der Waals surface area contributed by atoms with Crippen LogP contribution in [0.5, 0.6) is 0 Å². The van der Waals surface area contributed by atoms with Crippen molar-refractivity contribution >= 4 is 23.4 Å². The molecule has 0 aromatic carbocycles. The molecule has 4 rings (SSSR count). The number of carbonyl (C=O) groups excluding carboxylic acids is 4. The molecule has 0 spiro atoms. The summed E-state index contributed by atoms with van der Waals surface area (Å²) < 4.78 is 30.7. The first-order chi connectivity index (χ1) is 33.2. The van der Waals surface area contributed by atoms with Crippen molar-refractivity contribution in [2.24, 2.45) is 41.2 Å². The van der Waals surface area contributed by atoms with Crippen LogP contribution in [-0.2, 0) is 42.9 Å². The van der Waals surface area contributed by atoms with Crippen LogP contribution in [-0.4, -0.2) is 132 Å². The number of aliphatic hydroxyl groups excluding tert-OH is 2. The van der Waals surface area contributed by atoms with Crippen LogP contribution in [0.25, 0.3) is 0 Å². The lowest BCUT2D eigenvalue weighted by Crippen LogP contribution is -2.61. The number of terminal acetylenes is 1. The molecule has 2 bridgehead atoms. The Hall–Kier alpha value is -3.52. The topological polar surface area (TPSA) is 204 Å². The van der Waals surface area contributed by atoms with Crippen LogP contribution >= 0.6 is 0 Å². The van der Waals surface area contributed by atoms with Gasteiger partial charge < -0.3 is 49.6 Å². The second-order valence-electron chi connectivity index (χ2n) is 21.2. The fraction of sp³-hybridized carbons (Fsp3) is 0.750. The van der Waals surface area contributed by atoms with Crippen molar-refractivity contribution in [1.29, 1.82) is 0 Å². The van der Waals surface area contributed by atoms with Crippen molar-refractivity contribution in [3.05, 3.63) is 47.6 Å². The zero-order chi connectivity index (χ0) is 51.7. The molecular formula is C56H88N2O12. The van der Waals surface area contributed by atoms with Crippen LogP contribution in [0.4, 0.5) is 0 Å².